The summed E-state index contributed by atoms with van der Waals surface area (Å²) in [7, 11) is 0. The number of amidine groups is 1. The lowest BCUT2D eigenvalue weighted by molar-refractivity contribution is -0.202. The molecule has 4 amide bonds. The van der Waals surface area contributed by atoms with Gasteiger partial charge in [0.15, 0.2) is 0 Å². The van der Waals surface area contributed by atoms with E-state index in [2.05, 4.69) is 20.7 Å². The van der Waals surface area contributed by atoms with Gasteiger partial charge in [0.25, 0.3) is 0 Å². The first-order valence-electron chi connectivity index (χ1n) is 12.0. The number of amides is 4. The molecule has 1 fully saturated rings. The van der Waals surface area contributed by atoms with Crippen molar-refractivity contribution in [2.24, 2.45) is 5.73 Å². The molecule has 13 nitrogen and oxygen atoms in total. The van der Waals surface area contributed by atoms with Crippen molar-refractivity contribution in [3.05, 3.63) is 65.7 Å². The van der Waals surface area contributed by atoms with Gasteiger partial charge in [-0.2, -0.15) is 13.2 Å². The van der Waals surface area contributed by atoms with Crippen LogP contribution >= 0.6 is 0 Å². The molecule has 1 aliphatic heterocycles. The van der Waals surface area contributed by atoms with Crippen molar-refractivity contribution in [2.45, 2.75) is 37.8 Å². The van der Waals surface area contributed by atoms with Crippen molar-refractivity contribution in [1.82, 2.24) is 16.0 Å². The number of rotatable bonds is 9. The minimum atomic E-state index is -5.45. The molecule has 0 saturated carbocycles. The number of nitrogens with one attached hydrogen (secondary N) is 4. The molecule has 1 aliphatic rings. The number of carbonyl (C=O) groups excluding carboxylic acids is 5. The first-order chi connectivity index (χ1) is 19.3. The Bertz CT molecular complexity index is 1310. The maximum atomic E-state index is 12.8. The number of esters is 2. The Morgan fingerprint density at radius 3 is 2.32 bits per heavy atom. The van der Waals surface area contributed by atoms with Crippen LogP contribution < -0.4 is 26.6 Å². The number of nitrogen functional groups attached to an aromatic ring is 1. The summed E-state index contributed by atoms with van der Waals surface area (Å²) >= 11 is 0. The molecular formula is C25H25F3N6O7. The maximum Gasteiger partial charge on any atom is 0.491 e. The van der Waals surface area contributed by atoms with Gasteiger partial charge >= 0.3 is 30.2 Å². The summed E-state index contributed by atoms with van der Waals surface area (Å²) in [6.07, 6.45) is -9.17. The molecule has 16 heteroatoms. The number of nitrogens with two attached hydrogens (primary N) is 1. The van der Waals surface area contributed by atoms with E-state index in [1.54, 1.807) is 54.6 Å². The van der Waals surface area contributed by atoms with Gasteiger partial charge in [0.1, 0.15) is 24.7 Å². The van der Waals surface area contributed by atoms with Crippen molar-refractivity contribution in [2.75, 3.05) is 11.4 Å². The van der Waals surface area contributed by atoms with Gasteiger partial charge in [0, 0.05) is 17.8 Å². The van der Waals surface area contributed by atoms with Gasteiger partial charge in [0.05, 0.1) is 6.42 Å². The quantitative estimate of drug-likeness (QED) is 0.0974. The van der Waals surface area contributed by atoms with Crippen LogP contribution in [0.3, 0.4) is 0 Å². The average molecular weight is 579 g/mol. The van der Waals surface area contributed by atoms with Crippen molar-refractivity contribution >= 4 is 41.5 Å². The molecule has 2 unspecified atom stereocenters. The predicted octanol–water partition coefficient (Wildman–Crippen LogP) is 1.65. The maximum absolute atomic E-state index is 12.8. The van der Waals surface area contributed by atoms with Gasteiger partial charge in [-0.15, -0.1) is 0 Å². The zero-order valence-electron chi connectivity index (χ0n) is 21.2. The zero-order chi connectivity index (χ0) is 30.2. The van der Waals surface area contributed by atoms with Crippen molar-refractivity contribution in [3.63, 3.8) is 0 Å². The normalized spacial score (nSPS) is 15.4. The highest BCUT2D eigenvalue weighted by atomic mass is 19.4. The fourth-order valence-corrected chi connectivity index (χ4v) is 3.66. The summed E-state index contributed by atoms with van der Waals surface area (Å²) in [6, 6.07) is 12.6. The van der Waals surface area contributed by atoms with Gasteiger partial charge in [-0.1, -0.05) is 30.3 Å². The Balaban J connectivity index is 1.61. The summed E-state index contributed by atoms with van der Waals surface area (Å²) < 4.78 is 46.1. The minimum Gasteiger partial charge on any atom is -0.445 e. The second-order valence-corrected chi connectivity index (χ2v) is 8.63. The van der Waals surface area contributed by atoms with Crippen LogP contribution in [0.5, 0.6) is 0 Å². The molecule has 2 aromatic carbocycles. The largest absolute Gasteiger partial charge is 0.491 e. The van der Waals surface area contributed by atoms with E-state index in [1.165, 1.54) is 4.90 Å². The summed E-state index contributed by atoms with van der Waals surface area (Å²) in [5.41, 5.74) is 6.96. The van der Waals surface area contributed by atoms with Gasteiger partial charge in [0.2, 0.25) is 5.91 Å². The SMILES string of the molecule is N=C(N)c1ccc(N2CCC(NC(=O)NC(CC(=O)OC(=O)C(F)(F)F)NC(=O)OCc3ccccc3)C2=O)cc1. The number of nitrogens with zero attached hydrogens (tertiary/aromatic N) is 1. The predicted molar refractivity (Wildman–Crippen MR) is 135 cm³/mol. The minimum absolute atomic E-state index is 0.153. The van der Waals surface area contributed by atoms with E-state index in [9.17, 15) is 37.1 Å². The van der Waals surface area contributed by atoms with Crippen molar-refractivity contribution < 1.29 is 46.6 Å². The highest BCUT2D eigenvalue weighted by Gasteiger charge is 2.43. The van der Waals surface area contributed by atoms with Crippen LogP contribution in [0.25, 0.3) is 0 Å². The first-order valence-corrected chi connectivity index (χ1v) is 12.0. The molecule has 218 valence electrons. The Labute approximate surface area is 230 Å². The smallest absolute Gasteiger partial charge is 0.445 e. The number of hydrogen-bond acceptors (Lipinski definition) is 8. The van der Waals surface area contributed by atoms with Crippen LogP contribution in [0, 0.1) is 5.41 Å². The molecule has 0 aromatic heterocycles. The number of anilines is 1. The second kappa shape index (κ2) is 13.3. The van der Waals surface area contributed by atoms with E-state index in [4.69, 9.17) is 15.9 Å². The summed E-state index contributed by atoms with van der Waals surface area (Å²) in [5, 5.41) is 14.1. The summed E-state index contributed by atoms with van der Waals surface area (Å²) in [6.45, 7) is 0.0188. The number of urea groups is 1. The molecule has 0 radical (unpaired) electrons. The zero-order valence-corrected chi connectivity index (χ0v) is 21.2. The summed E-state index contributed by atoms with van der Waals surface area (Å²) in [5.74, 6) is -5.11. The lowest BCUT2D eigenvalue weighted by Crippen LogP contribution is -2.55. The number of carbonyl (C=O) groups is 5. The molecular weight excluding hydrogens is 553 g/mol. The van der Waals surface area contributed by atoms with E-state index < -0.39 is 54.8 Å². The molecule has 1 saturated heterocycles. The molecule has 1 heterocycles. The third-order valence-electron chi connectivity index (χ3n) is 5.62. The fraction of sp³-hybridized carbons (Fsp3) is 0.280. The van der Waals surface area contributed by atoms with Crippen LogP contribution in [-0.4, -0.2) is 60.7 Å². The highest BCUT2D eigenvalue weighted by molar-refractivity contribution is 6.02. The van der Waals surface area contributed by atoms with Gasteiger partial charge in [-0.3, -0.25) is 15.0 Å². The monoisotopic (exact) mass is 578 g/mol. The lowest BCUT2D eigenvalue weighted by Gasteiger charge is -2.21. The van der Waals surface area contributed by atoms with E-state index in [-0.39, 0.29) is 25.4 Å². The van der Waals surface area contributed by atoms with E-state index in [1.807, 2.05) is 0 Å². The standard InChI is InChI=1S/C25H25F3N6O7/c26-25(27,28)22(37)41-19(35)12-18(33-24(39)40-13-14-4-2-1-3-5-14)32-23(38)31-17-10-11-34(21(17)36)16-8-6-15(7-9-16)20(29)30/h1-9,17-18H,10-13H2,(H3,29,30)(H,33,39)(H2,31,32,38). The number of halogens is 3. The summed E-state index contributed by atoms with van der Waals surface area (Å²) in [4.78, 5) is 62.0. The molecule has 2 atom stereocenters. The molecule has 6 N–H and O–H groups in total. The van der Waals surface area contributed by atoms with Crippen molar-refractivity contribution in [3.8, 4) is 0 Å². The Morgan fingerprint density at radius 2 is 1.71 bits per heavy atom. The first kappa shape index (κ1) is 30.4. The molecule has 0 spiro atoms. The number of benzene rings is 2. The molecule has 0 bridgehead atoms. The van der Waals surface area contributed by atoms with E-state index in [0.29, 0.717) is 16.8 Å². The van der Waals surface area contributed by atoms with Gasteiger partial charge < -0.3 is 36.1 Å². The highest BCUT2D eigenvalue weighted by Crippen LogP contribution is 2.22. The number of alkyl halides is 3. The molecule has 2 aromatic rings. The average Bonchev–Trinajstić information content (AvgIpc) is 3.26. The number of alkyl carbamates (subject to hydrolysis) is 1. The topological polar surface area (TPSA) is 193 Å². The number of hydrogen-bond donors (Lipinski definition) is 5. The van der Waals surface area contributed by atoms with Crippen LogP contribution in [0.4, 0.5) is 28.4 Å². The van der Waals surface area contributed by atoms with Crippen LogP contribution in [0.2, 0.25) is 0 Å². The Morgan fingerprint density at radius 1 is 1.05 bits per heavy atom. The number of ether oxygens (including phenoxy) is 2. The van der Waals surface area contributed by atoms with E-state index in [0.717, 1.165) is 0 Å². The lowest BCUT2D eigenvalue weighted by atomic mass is 10.2. The third kappa shape index (κ3) is 8.94. The molecule has 0 aliphatic carbocycles. The van der Waals surface area contributed by atoms with Gasteiger partial charge in [-0.05, 0) is 36.2 Å². The van der Waals surface area contributed by atoms with Gasteiger partial charge in [-0.25, -0.2) is 14.4 Å². The molecule has 3 rings (SSSR count). The van der Waals surface area contributed by atoms with E-state index >= 15 is 0 Å². The van der Waals surface area contributed by atoms with Crippen LogP contribution in [0.1, 0.15) is 24.0 Å². The second-order valence-electron chi connectivity index (χ2n) is 8.63. The Kier molecular flexibility index (Phi) is 9.84. The van der Waals surface area contributed by atoms with Crippen LogP contribution in [0.15, 0.2) is 54.6 Å². The fourth-order valence-electron chi connectivity index (χ4n) is 3.66. The van der Waals surface area contributed by atoms with Crippen molar-refractivity contribution in [1.29, 1.82) is 5.41 Å². The molecule has 41 heavy (non-hydrogen) atoms. The van der Waals surface area contributed by atoms with Crippen LogP contribution in [-0.2, 0) is 30.5 Å². The third-order valence-corrected chi connectivity index (χ3v) is 5.62. The Hall–Kier alpha value is -5.15.